The number of furan rings is 1. The monoisotopic (exact) mass is 372 g/mol. The first kappa shape index (κ1) is 18.9. The normalized spacial score (nSPS) is 16.7. The Morgan fingerprint density at radius 2 is 2.22 bits per heavy atom. The maximum Gasteiger partial charge on any atom is 0.329 e. The van der Waals surface area contributed by atoms with Crippen LogP contribution in [-0.2, 0) is 27.4 Å². The van der Waals surface area contributed by atoms with E-state index in [1.54, 1.807) is 18.3 Å². The molecule has 2 aromatic rings. The fourth-order valence-electron chi connectivity index (χ4n) is 3.10. The summed E-state index contributed by atoms with van der Waals surface area (Å²) in [6, 6.07) is 5.42. The van der Waals surface area contributed by atoms with Crippen LogP contribution in [0.1, 0.15) is 35.6 Å². The lowest BCUT2D eigenvalue weighted by Crippen LogP contribution is -2.37. The zero-order chi connectivity index (χ0) is 19.2. The molecule has 1 fully saturated rings. The molecule has 2 N–H and O–H groups in total. The second-order valence-corrected chi connectivity index (χ2v) is 6.53. The summed E-state index contributed by atoms with van der Waals surface area (Å²) in [5.41, 5.74) is 5.28. The van der Waals surface area contributed by atoms with Gasteiger partial charge in [-0.15, -0.1) is 0 Å². The van der Waals surface area contributed by atoms with Gasteiger partial charge < -0.3 is 19.0 Å². The third-order valence-electron chi connectivity index (χ3n) is 4.60. The van der Waals surface area contributed by atoms with E-state index in [4.69, 9.17) is 9.15 Å². The van der Waals surface area contributed by atoms with Gasteiger partial charge in [0.1, 0.15) is 5.76 Å². The standard InChI is InChI=1S/C19H24N4O4/c1-13-9-15(14(2)23(13)12-17-6-4-8-27-17)10-21-22-19(25)18(24)20-11-16-5-3-7-26-16/h3,5,7,9-10,17H,4,6,8,11-12H2,1-2H3,(H,20,24)(H,22,25)/b21-10-/t17-/m1/s1. The fraction of sp³-hybridized carbons (Fsp3) is 0.421. The van der Waals surface area contributed by atoms with Crippen LogP contribution < -0.4 is 10.7 Å². The summed E-state index contributed by atoms with van der Waals surface area (Å²) < 4.78 is 13.0. The Labute approximate surface area is 157 Å². The van der Waals surface area contributed by atoms with Crippen molar-refractivity contribution in [2.75, 3.05) is 6.61 Å². The lowest BCUT2D eigenvalue weighted by molar-refractivity contribution is -0.139. The largest absolute Gasteiger partial charge is 0.467 e. The third-order valence-corrected chi connectivity index (χ3v) is 4.60. The van der Waals surface area contributed by atoms with Crippen molar-refractivity contribution in [1.29, 1.82) is 0 Å². The van der Waals surface area contributed by atoms with Gasteiger partial charge in [0.15, 0.2) is 0 Å². The summed E-state index contributed by atoms with van der Waals surface area (Å²) in [7, 11) is 0. The predicted molar refractivity (Wildman–Crippen MR) is 99.2 cm³/mol. The summed E-state index contributed by atoms with van der Waals surface area (Å²) >= 11 is 0. The van der Waals surface area contributed by atoms with E-state index in [1.807, 2.05) is 19.9 Å². The zero-order valence-electron chi connectivity index (χ0n) is 15.5. The molecule has 0 aromatic carbocycles. The average molecular weight is 372 g/mol. The fourth-order valence-corrected chi connectivity index (χ4v) is 3.10. The van der Waals surface area contributed by atoms with Gasteiger partial charge >= 0.3 is 11.8 Å². The van der Waals surface area contributed by atoms with Crippen LogP contribution in [0.5, 0.6) is 0 Å². The van der Waals surface area contributed by atoms with Crippen LogP contribution >= 0.6 is 0 Å². The summed E-state index contributed by atoms with van der Waals surface area (Å²) in [6.07, 6.45) is 5.47. The highest BCUT2D eigenvalue weighted by atomic mass is 16.5. The van der Waals surface area contributed by atoms with Crippen molar-refractivity contribution in [3.63, 3.8) is 0 Å². The SMILES string of the molecule is Cc1cc(/C=N\NC(=O)C(=O)NCc2ccco2)c(C)n1C[C@H]1CCCO1. The molecule has 0 aliphatic carbocycles. The Morgan fingerprint density at radius 1 is 1.37 bits per heavy atom. The van der Waals surface area contributed by atoms with E-state index < -0.39 is 11.8 Å². The molecule has 2 amide bonds. The molecule has 1 atom stereocenters. The summed E-state index contributed by atoms with van der Waals surface area (Å²) in [5, 5.41) is 6.36. The molecular formula is C19H24N4O4. The van der Waals surface area contributed by atoms with Gasteiger partial charge in [-0.1, -0.05) is 0 Å². The van der Waals surface area contributed by atoms with Crippen LogP contribution in [0.15, 0.2) is 34.0 Å². The molecule has 2 aromatic heterocycles. The Balaban J connectivity index is 1.52. The van der Waals surface area contributed by atoms with E-state index in [-0.39, 0.29) is 12.6 Å². The smallest absolute Gasteiger partial charge is 0.329 e. The molecule has 0 unspecified atom stereocenters. The van der Waals surface area contributed by atoms with Gasteiger partial charge in [-0.2, -0.15) is 5.10 Å². The lowest BCUT2D eigenvalue weighted by atomic mass is 10.2. The average Bonchev–Trinajstić information content (AvgIpc) is 3.39. The number of nitrogens with one attached hydrogen (secondary N) is 2. The molecule has 0 spiro atoms. The molecule has 0 saturated carbocycles. The number of hydrogen-bond acceptors (Lipinski definition) is 5. The molecule has 0 bridgehead atoms. The van der Waals surface area contributed by atoms with Gasteiger partial charge in [0.25, 0.3) is 0 Å². The molecule has 3 heterocycles. The van der Waals surface area contributed by atoms with Crippen molar-refractivity contribution in [2.45, 2.75) is 45.9 Å². The van der Waals surface area contributed by atoms with Crippen LogP contribution in [-0.4, -0.2) is 35.3 Å². The van der Waals surface area contributed by atoms with E-state index in [9.17, 15) is 9.59 Å². The van der Waals surface area contributed by atoms with Crippen LogP contribution in [0.3, 0.4) is 0 Å². The Kier molecular flexibility index (Phi) is 6.08. The maximum absolute atomic E-state index is 11.8. The van der Waals surface area contributed by atoms with Gasteiger partial charge in [-0.05, 0) is 44.9 Å². The number of nitrogens with zero attached hydrogens (tertiary/aromatic N) is 2. The molecule has 1 saturated heterocycles. The first-order chi connectivity index (χ1) is 13.0. The van der Waals surface area contributed by atoms with E-state index in [2.05, 4.69) is 20.4 Å². The molecule has 8 heteroatoms. The minimum absolute atomic E-state index is 0.146. The number of aromatic nitrogens is 1. The van der Waals surface area contributed by atoms with E-state index >= 15 is 0 Å². The van der Waals surface area contributed by atoms with Crippen molar-refractivity contribution in [1.82, 2.24) is 15.3 Å². The van der Waals surface area contributed by atoms with Crippen molar-refractivity contribution in [2.24, 2.45) is 5.10 Å². The maximum atomic E-state index is 11.8. The number of amides is 2. The van der Waals surface area contributed by atoms with Gasteiger partial charge in [-0.3, -0.25) is 9.59 Å². The summed E-state index contributed by atoms with van der Waals surface area (Å²) in [6.45, 7) is 5.81. The molecule has 0 radical (unpaired) electrons. The van der Waals surface area contributed by atoms with Crippen LogP contribution in [0, 0.1) is 13.8 Å². The highest BCUT2D eigenvalue weighted by Gasteiger charge is 2.18. The number of rotatable bonds is 6. The minimum atomic E-state index is -0.828. The molecule has 1 aliphatic rings. The molecule has 27 heavy (non-hydrogen) atoms. The van der Waals surface area contributed by atoms with Crippen LogP contribution in [0.2, 0.25) is 0 Å². The van der Waals surface area contributed by atoms with E-state index in [1.165, 1.54) is 6.26 Å². The quantitative estimate of drug-likeness (QED) is 0.458. The third kappa shape index (κ3) is 4.85. The predicted octanol–water partition coefficient (Wildman–Crippen LogP) is 1.64. The molecule has 144 valence electrons. The van der Waals surface area contributed by atoms with E-state index in [0.717, 1.165) is 42.9 Å². The Hall–Kier alpha value is -2.87. The molecular weight excluding hydrogens is 348 g/mol. The first-order valence-electron chi connectivity index (χ1n) is 8.96. The molecule has 8 nitrogen and oxygen atoms in total. The van der Waals surface area contributed by atoms with Gasteiger partial charge in [-0.25, -0.2) is 5.43 Å². The highest BCUT2D eigenvalue weighted by Crippen LogP contribution is 2.19. The number of hydrogen-bond donors (Lipinski definition) is 2. The van der Waals surface area contributed by atoms with Crippen LogP contribution in [0.4, 0.5) is 0 Å². The van der Waals surface area contributed by atoms with Crippen molar-refractivity contribution >= 4 is 18.0 Å². The molecule has 1 aliphatic heterocycles. The zero-order valence-corrected chi connectivity index (χ0v) is 15.5. The second-order valence-electron chi connectivity index (χ2n) is 6.53. The number of hydrazone groups is 1. The van der Waals surface area contributed by atoms with Crippen molar-refractivity contribution < 1.29 is 18.7 Å². The number of aryl methyl sites for hydroxylation is 1. The number of carbonyl (C=O) groups is 2. The topological polar surface area (TPSA) is 97.9 Å². The van der Waals surface area contributed by atoms with Gasteiger partial charge in [0.2, 0.25) is 0 Å². The highest BCUT2D eigenvalue weighted by molar-refractivity contribution is 6.35. The second kappa shape index (κ2) is 8.68. The van der Waals surface area contributed by atoms with Crippen molar-refractivity contribution in [3.8, 4) is 0 Å². The Bertz CT molecular complexity index is 817. The first-order valence-corrected chi connectivity index (χ1v) is 8.96. The summed E-state index contributed by atoms with van der Waals surface area (Å²) in [4.78, 5) is 23.5. The number of carbonyl (C=O) groups excluding carboxylic acids is 2. The van der Waals surface area contributed by atoms with Crippen LogP contribution in [0.25, 0.3) is 0 Å². The van der Waals surface area contributed by atoms with E-state index in [0.29, 0.717) is 5.76 Å². The van der Waals surface area contributed by atoms with Gasteiger partial charge in [0.05, 0.1) is 25.1 Å². The Morgan fingerprint density at radius 3 is 2.93 bits per heavy atom. The minimum Gasteiger partial charge on any atom is -0.467 e. The summed E-state index contributed by atoms with van der Waals surface area (Å²) in [5.74, 6) is -1.03. The van der Waals surface area contributed by atoms with Gasteiger partial charge in [0, 0.05) is 30.1 Å². The lowest BCUT2D eigenvalue weighted by Gasteiger charge is -2.14. The molecule has 3 rings (SSSR count). The number of ether oxygens (including phenoxy) is 1. The van der Waals surface area contributed by atoms with Crippen molar-refractivity contribution in [3.05, 3.63) is 47.2 Å².